The van der Waals surface area contributed by atoms with E-state index in [-0.39, 0.29) is 23.6 Å². The summed E-state index contributed by atoms with van der Waals surface area (Å²) < 4.78 is 54.6. The normalized spacial score (nSPS) is 11.7. The Morgan fingerprint density at radius 1 is 1.11 bits per heavy atom. The van der Waals surface area contributed by atoms with Gasteiger partial charge in [0.05, 0.1) is 26.1 Å². The first-order chi connectivity index (χ1) is 16.5. The number of aryl methyl sites for hydroxylation is 1. The molecule has 0 N–H and O–H groups in total. The van der Waals surface area contributed by atoms with Gasteiger partial charge >= 0.3 is 6.18 Å². The summed E-state index contributed by atoms with van der Waals surface area (Å²) in [5, 5.41) is 8.09. The molecule has 9 nitrogen and oxygen atoms in total. The molecule has 0 fully saturated rings. The minimum Gasteiger partial charge on any atom is -0.493 e. The van der Waals surface area contributed by atoms with E-state index in [1.165, 1.54) is 31.3 Å². The monoisotopic (exact) mass is 488 g/mol. The number of alkyl halides is 3. The first kappa shape index (κ1) is 24.0. The molecule has 0 saturated carbocycles. The lowest BCUT2D eigenvalue weighted by Crippen LogP contribution is -2.27. The molecule has 4 rings (SSSR count). The molecule has 4 aromatic rings. The van der Waals surface area contributed by atoms with E-state index in [4.69, 9.17) is 9.47 Å². The lowest BCUT2D eigenvalue weighted by Gasteiger charge is -2.15. The first-order valence-electron chi connectivity index (χ1n) is 10.5. The number of hydrogen-bond acceptors (Lipinski definition) is 6. The topological polar surface area (TPSA) is 86.8 Å². The van der Waals surface area contributed by atoms with E-state index in [2.05, 4.69) is 15.2 Å². The molecule has 1 amide bonds. The standard InChI is InChI=1S/C23H23F3N6O3/c1-13-15(11-27-31(13)3)12-30(2)22(33)17-10-21-28-16(9-20(23(24,25)26)32(21)29-17)14-6-7-18(34-4)19(8-14)35-5/h6-11H,12H2,1-5H3. The number of methoxy groups -OCH3 is 2. The SMILES string of the molecule is COc1ccc(-c2cc(C(F)(F)F)n3nc(C(=O)N(C)Cc4cnn(C)c4C)cc3n2)cc1OC. The van der Waals surface area contributed by atoms with Gasteiger partial charge in [-0.2, -0.15) is 23.4 Å². The largest absolute Gasteiger partial charge is 0.493 e. The van der Waals surface area contributed by atoms with Crippen molar-refractivity contribution in [2.75, 3.05) is 21.3 Å². The molecule has 0 unspecified atom stereocenters. The van der Waals surface area contributed by atoms with Crippen LogP contribution >= 0.6 is 0 Å². The number of nitrogens with zero attached hydrogens (tertiary/aromatic N) is 6. The van der Waals surface area contributed by atoms with Gasteiger partial charge in [0.1, 0.15) is 0 Å². The Kier molecular flexibility index (Phi) is 6.14. The summed E-state index contributed by atoms with van der Waals surface area (Å²) in [5.41, 5.74) is 0.794. The zero-order chi connectivity index (χ0) is 25.5. The first-order valence-corrected chi connectivity index (χ1v) is 10.5. The molecule has 184 valence electrons. The van der Waals surface area contributed by atoms with Gasteiger partial charge in [-0.15, -0.1) is 0 Å². The van der Waals surface area contributed by atoms with E-state index in [0.29, 0.717) is 21.6 Å². The molecule has 0 aliphatic heterocycles. The van der Waals surface area contributed by atoms with Crippen LogP contribution in [-0.2, 0) is 19.8 Å². The number of amides is 1. The predicted molar refractivity (Wildman–Crippen MR) is 120 cm³/mol. The molecule has 0 atom stereocenters. The number of ether oxygens (including phenoxy) is 2. The summed E-state index contributed by atoms with van der Waals surface area (Å²) in [6, 6.07) is 6.82. The molecule has 35 heavy (non-hydrogen) atoms. The molecule has 0 spiro atoms. The maximum atomic E-state index is 13.9. The van der Waals surface area contributed by atoms with Crippen LogP contribution < -0.4 is 9.47 Å². The highest BCUT2D eigenvalue weighted by Gasteiger charge is 2.36. The van der Waals surface area contributed by atoms with Crippen LogP contribution in [0, 0.1) is 6.92 Å². The molecule has 0 saturated heterocycles. The molecular weight excluding hydrogens is 465 g/mol. The van der Waals surface area contributed by atoms with Crippen molar-refractivity contribution in [1.82, 2.24) is 29.3 Å². The van der Waals surface area contributed by atoms with Crippen molar-refractivity contribution in [3.63, 3.8) is 0 Å². The molecule has 0 bridgehead atoms. The van der Waals surface area contributed by atoms with Crippen LogP contribution in [-0.4, -0.2) is 56.5 Å². The fraction of sp³-hybridized carbons (Fsp3) is 0.304. The second-order valence-electron chi connectivity index (χ2n) is 7.93. The number of halogens is 3. The molecule has 0 radical (unpaired) electrons. The average Bonchev–Trinajstić information content (AvgIpc) is 3.40. The van der Waals surface area contributed by atoms with Gasteiger partial charge in [-0.05, 0) is 31.2 Å². The lowest BCUT2D eigenvalue weighted by atomic mass is 10.1. The maximum Gasteiger partial charge on any atom is 0.433 e. The van der Waals surface area contributed by atoms with Crippen molar-refractivity contribution in [3.8, 4) is 22.8 Å². The third kappa shape index (κ3) is 4.51. The van der Waals surface area contributed by atoms with Crippen LogP contribution in [0.4, 0.5) is 13.2 Å². The number of hydrogen-bond donors (Lipinski definition) is 0. The number of benzene rings is 1. The number of rotatable bonds is 6. The summed E-state index contributed by atoms with van der Waals surface area (Å²) >= 11 is 0. The predicted octanol–water partition coefficient (Wildman–Crippen LogP) is 3.75. The average molecular weight is 488 g/mol. The van der Waals surface area contributed by atoms with Crippen molar-refractivity contribution in [3.05, 3.63) is 59.2 Å². The number of carbonyl (C=O) groups is 1. The van der Waals surface area contributed by atoms with Crippen molar-refractivity contribution < 1.29 is 27.4 Å². The number of carbonyl (C=O) groups excluding carboxylic acids is 1. The minimum absolute atomic E-state index is 0.0454. The van der Waals surface area contributed by atoms with Crippen molar-refractivity contribution in [2.45, 2.75) is 19.6 Å². The highest BCUT2D eigenvalue weighted by Crippen LogP contribution is 2.35. The Balaban J connectivity index is 1.76. The molecule has 12 heteroatoms. The zero-order valence-corrected chi connectivity index (χ0v) is 19.7. The summed E-state index contributed by atoms with van der Waals surface area (Å²) in [4.78, 5) is 18.7. The van der Waals surface area contributed by atoms with E-state index in [1.54, 1.807) is 37.1 Å². The van der Waals surface area contributed by atoms with Crippen LogP contribution in [0.25, 0.3) is 16.9 Å². The van der Waals surface area contributed by atoms with Crippen molar-refractivity contribution >= 4 is 11.6 Å². The highest BCUT2D eigenvalue weighted by atomic mass is 19.4. The van der Waals surface area contributed by atoms with Gasteiger partial charge in [0, 0.05) is 43.5 Å². The Hall–Kier alpha value is -4.09. The van der Waals surface area contributed by atoms with Crippen LogP contribution in [0.1, 0.15) is 27.4 Å². The second-order valence-corrected chi connectivity index (χ2v) is 7.93. The van der Waals surface area contributed by atoms with Crippen molar-refractivity contribution in [2.24, 2.45) is 7.05 Å². The zero-order valence-electron chi connectivity index (χ0n) is 19.7. The van der Waals surface area contributed by atoms with Gasteiger partial charge in [-0.1, -0.05) is 0 Å². The van der Waals surface area contributed by atoms with Crippen LogP contribution in [0.15, 0.2) is 36.5 Å². The fourth-order valence-electron chi connectivity index (χ4n) is 3.65. The molecule has 0 aliphatic carbocycles. The van der Waals surface area contributed by atoms with Crippen LogP contribution in [0.2, 0.25) is 0 Å². The maximum absolute atomic E-state index is 13.9. The Morgan fingerprint density at radius 3 is 2.43 bits per heavy atom. The van der Waals surface area contributed by atoms with E-state index in [0.717, 1.165) is 17.3 Å². The van der Waals surface area contributed by atoms with Gasteiger partial charge in [0.2, 0.25) is 0 Å². The Bertz CT molecular complexity index is 1410. The fourth-order valence-corrected chi connectivity index (χ4v) is 3.65. The lowest BCUT2D eigenvalue weighted by molar-refractivity contribution is -0.142. The summed E-state index contributed by atoms with van der Waals surface area (Å²) in [7, 11) is 6.22. The third-order valence-electron chi connectivity index (χ3n) is 5.71. The summed E-state index contributed by atoms with van der Waals surface area (Å²) in [6.45, 7) is 2.09. The van der Waals surface area contributed by atoms with Gasteiger partial charge in [-0.25, -0.2) is 9.50 Å². The van der Waals surface area contributed by atoms with Crippen LogP contribution in [0.3, 0.4) is 0 Å². The molecule has 1 aromatic carbocycles. The van der Waals surface area contributed by atoms with Crippen molar-refractivity contribution in [1.29, 1.82) is 0 Å². The van der Waals surface area contributed by atoms with Gasteiger partial charge < -0.3 is 14.4 Å². The van der Waals surface area contributed by atoms with Gasteiger partial charge in [0.15, 0.2) is 28.5 Å². The Morgan fingerprint density at radius 2 is 1.83 bits per heavy atom. The second kappa shape index (κ2) is 8.93. The summed E-state index contributed by atoms with van der Waals surface area (Å²) in [6.07, 6.45) is -3.10. The van der Waals surface area contributed by atoms with Gasteiger partial charge in [-0.3, -0.25) is 9.48 Å². The van der Waals surface area contributed by atoms with E-state index < -0.39 is 17.8 Å². The van der Waals surface area contributed by atoms with E-state index in [1.807, 2.05) is 6.92 Å². The molecular formula is C23H23F3N6O3. The third-order valence-corrected chi connectivity index (χ3v) is 5.71. The smallest absolute Gasteiger partial charge is 0.433 e. The van der Waals surface area contributed by atoms with E-state index >= 15 is 0 Å². The Labute approximate surface area is 198 Å². The molecule has 3 heterocycles. The van der Waals surface area contributed by atoms with Gasteiger partial charge in [0.25, 0.3) is 5.91 Å². The summed E-state index contributed by atoms with van der Waals surface area (Å²) in [5.74, 6) is 0.231. The molecule has 0 aliphatic rings. The number of fused-ring (bicyclic) bond motifs is 1. The quantitative estimate of drug-likeness (QED) is 0.411. The number of aromatic nitrogens is 5. The highest BCUT2D eigenvalue weighted by molar-refractivity contribution is 5.93. The minimum atomic E-state index is -4.74. The molecule has 3 aromatic heterocycles. The van der Waals surface area contributed by atoms with E-state index in [9.17, 15) is 18.0 Å². The van der Waals surface area contributed by atoms with Crippen LogP contribution in [0.5, 0.6) is 11.5 Å².